The number of rotatable bonds is 6. The van der Waals surface area contributed by atoms with Gasteiger partial charge in [-0.2, -0.15) is 5.26 Å². The van der Waals surface area contributed by atoms with E-state index in [4.69, 9.17) is 9.97 Å². The molecule has 2 aliphatic carbocycles. The molecule has 7 aromatic rings. The van der Waals surface area contributed by atoms with Crippen molar-refractivity contribution in [3.8, 4) is 51.1 Å². The van der Waals surface area contributed by atoms with Crippen LogP contribution >= 0.6 is 0 Å². The molecular formula is C50H37N3. The average molecular weight is 680 g/mol. The van der Waals surface area contributed by atoms with Gasteiger partial charge in [0.05, 0.1) is 23.0 Å². The number of nitriles is 1. The molecule has 252 valence electrons. The summed E-state index contributed by atoms with van der Waals surface area (Å²) in [7, 11) is 0. The molecule has 0 fully saturated rings. The Hall–Kier alpha value is -6.63. The molecule has 6 aromatic carbocycles. The van der Waals surface area contributed by atoms with Crippen LogP contribution in [0.1, 0.15) is 42.9 Å². The van der Waals surface area contributed by atoms with Gasteiger partial charge in [0, 0.05) is 22.1 Å². The Kier molecular flexibility index (Phi) is 8.22. The number of hydrogen-bond donors (Lipinski definition) is 0. The van der Waals surface area contributed by atoms with E-state index in [1.54, 1.807) is 0 Å². The van der Waals surface area contributed by atoms with Crippen LogP contribution in [0.4, 0.5) is 0 Å². The van der Waals surface area contributed by atoms with Gasteiger partial charge >= 0.3 is 0 Å². The van der Waals surface area contributed by atoms with Gasteiger partial charge in [-0.05, 0) is 99.3 Å². The number of nitrogens with zero attached hydrogens (tertiary/aromatic N) is 3. The van der Waals surface area contributed by atoms with Crippen molar-refractivity contribution in [3.05, 3.63) is 198 Å². The number of hydrogen-bond acceptors (Lipinski definition) is 3. The van der Waals surface area contributed by atoms with Gasteiger partial charge in [0.2, 0.25) is 0 Å². The van der Waals surface area contributed by atoms with Gasteiger partial charge in [-0.15, -0.1) is 0 Å². The molecule has 1 unspecified atom stereocenters. The number of allylic oxidation sites excluding steroid dienone is 6. The molecule has 3 nitrogen and oxygen atoms in total. The fourth-order valence-corrected chi connectivity index (χ4v) is 7.88. The first-order valence-corrected chi connectivity index (χ1v) is 18.3. The SMILES string of the molecule is CC1(c2ccc(-c3cc(-c4ccccc4)nc(-c4ccccc4)n3)cc2)C=C2C(=CC1)CCC=C2c1cc(-c2ccc(C#N)cc2)c2ccccc2c1. The topological polar surface area (TPSA) is 49.6 Å². The fraction of sp³-hybridized carbons (Fsp3) is 0.100. The molecule has 2 aliphatic rings. The Morgan fingerprint density at radius 2 is 1.23 bits per heavy atom. The third-order valence-corrected chi connectivity index (χ3v) is 10.8. The summed E-state index contributed by atoms with van der Waals surface area (Å²) in [6.45, 7) is 2.36. The summed E-state index contributed by atoms with van der Waals surface area (Å²) in [5.41, 5.74) is 14.3. The van der Waals surface area contributed by atoms with Gasteiger partial charge in [-0.3, -0.25) is 0 Å². The van der Waals surface area contributed by atoms with E-state index >= 15 is 0 Å². The highest BCUT2D eigenvalue weighted by atomic mass is 14.9. The van der Waals surface area contributed by atoms with Crippen molar-refractivity contribution in [1.29, 1.82) is 5.26 Å². The van der Waals surface area contributed by atoms with Crippen molar-refractivity contribution in [2.75, 3.05) is 0 Å². The summed E-state index contributed by atoms with van der Waals surface area (Å²) in [6, 6.07) is 55.2. The predicted octanol–water partition coefficient (Wildman–Crippen LogP) is 12.6. The second kappa shape index (κ2) is 13.5. The zero-order valence-electron chi connectivity index (χ0n) is 29.6. The van der Waals surface area contributed by atoms with E-state index in [1.807, 2.05) is 36.4 Å². The van der Waals surface area contributed by atoms with Crippen molar-refractivity contribution >= 4 is 16.3 Å². The summed E-state index contributed by atoms with van der Waals surface area (Å²) >= 11 is 0. The molecular weight excluding hydrogens is 643 g/mol. The Bertz CT molecular complexity index is 2570. The predicted molar refractivity (Wildman–Crippen MR) is 218 cm³/mol. The van der Waals surface area contributed by atoms with Crippen molar-refractivity contribution in [1.82, 2.24) is 9.97 Å². The molecule has 0 radical (unpaired) electrons. The molecule has 1 aromatic heterocycles. The molecule has 0 saturated heterocycles. The zero-order chi connectivity index (χ0) is 35.8. The van der Waals surface area contributed by atoms with E-state index in [2.05, 4.69) is 146 Å². The lowest BCUT2D eigenvalue weighted by Crippen LogP contribution is -2.23. The summed E-state index contributed by atoms with van der Waals surface area (Å²) < 4.78 is 0. The number of fused-ring (bicyclic) bond motifs is 2. The minimum absolute atomic E-state index is 0.170. The molecule has 0 saturated carbocycles. The standard InChI is InChI=1S/C50H37N3/c1-50(42-25-23-38(24-26-42)48-31-47(37-11-4-2-5-12-37)52-49(53-48)39-13-6-3-7-14-39)28-27-35-16-10-18-44(46(35)32-50)41-29-40-15-8-9-17-43(40)45(30-41)36-21-19-34(33-51)20-22-36/h2-9,11-15,17-27,29-32H,10,16,28H2,1H3. The van der Waals surface area contributed by atoms with E-state index in [0.717, 1.165) is 58.7 Å². The second-order valence-electron chi connectivity index (χ2n) is 14.3. The minimum atomic E-state index is -0.170. The maximum atomic E-state index is 9.41. The zero-order valence-corrected chi connectivity index (χ0v) is 29.6. The van der Waals surface area contributed by atoms with Crippen LogP contribution < -0.4 is 0 Å². The maximum absolute atomic E-state index is 9.41. The molecule has 0 bridgehead atoms. The van der Waals surface area contributed by atoms with Gasteiger partial charge in [-0.25, -0.2) is 9.97 Å². The van der Waals surface area contributed by atoms with Crippen molar-refractivity contribution in [3.63, 3.8) is 0 Å². The van der Waals surface area contributed by atoms with Crippen LogP contribution in [0.15, 0.2) is 181 Å². The Balaban J connectivity index is 1.08. The number of benzene rings is 6. The largest absolute Gasteiger partial charge is 0.228 e. The van der Waals surface area contributed by atoms with Crippen LogP contribution in [0.2, 0.25) is 0 Å². The van der Waals surface area contributed by atoms with E-state index in [-0.39, 0.29) is 5.41 Å². The molecule has 1 heterocycles. The first-order chi connectivity index (χ1) is 26.0. The highest BCUT2D eigenvalue weighted by Gasteiger charge is 2.31. The minimum Gasteiger partial charge on any atom is -0.228 e. The molecule has 3 heteroatoms. The van der Waals surface area contributed by atoms with Gasteiger partial charge in [0.15, 0.2) is 5.82 Å². The van der Waals surface area contributed by atoms with Crippen LogP contribution in [0.5, 0.6) is 0 Å². The van der Waals surface area contributed by atoms with Crippen LogP contribution in [-0.2, 0) is 5.41 Å². The fourth-order valence-electron chi connectivity index (χ4n) is 7.88. The summed E-state index contributed by atoms with van der Waals surface area (Å²) in [6.07, 6.45) is 10.5. The normalized spacial score (nSPS) is 16.6. The first kappa shape index (κ1) is 32.3. The average Bonchev–Trinajstić information content (AvgIpc) is 3.23. The maximum Gasteiger partial charge on any atom is 0.160 e. The third kappa shape index (κ3) is 6.19. The Labute approximate surface area is 311 Å². The van der Waals surface area contributed by atoms with E-state index in [9.17, 15) is 5.26 Å². The molecule has 1 atom stereocenters. The van der Waals surface area contributed by atoms with Crippen LogP contribution in [0.3, 0.4) is 0 Å². The number of aromatic nitrogens is 2. The Morgan fingerprint density at radius 3 is 1.94 bits per heavy atom. The summed E-state index contributed by atoms with van der Waals surface area (Å²) in [4.78, 5) is 10.0. The van der Waals surface area contributed by atoms with Gasteiger partial charge in [0.1, 0.15) is 0 Å². The second-order valence-corrected chi connectivity index (χ2v) is 14.3. The quantitative estimate of drug-likeness (QED) is 0.176. The van der Waals surface area contributed by atoms with Gasteiger partial charge < -0.3 is 0 Å². The smallest absolute Gasteiger partial charge is 0.160 e. The van der Waals surface area contributed by atoms with Gasteiger partial charge in [0.25, 0.3) is 0 Å². The van der Waals surface area contributed by atoms with Crippen LogP contribution in [0, 0.1) is 11.3 Å². The van der Waals surface area contributed by atoms with Crippen LogP contribution in [0.25, 0.3) is 61.4 Å². The molecule has 53 heavy (non-hydrogen) atoms. The van der Waals surface area contributed by atoms with E-state index in [1.165, 1.54) is 44.2 Å². The van der Waals surface area contributed by atoms with Crippen molar-refractivity contribution in [2.45, 2.75) is 31.6 Å². The first-order valence-electron chi connectivity index (χ1n) is 18.3. The lowest BCUT2D eigenvalue weighted by molar-refractivity contribution is 0.589. The third-order valence-electron chi connectivity index (χ3n) is 10.8. The summed E-state index contributed by atoms with van der Waals surface area (Å²) in [5.74, 6) is 0.723. The van der Waals surface area contributed by atoms with Crippen molar-refractivity contribution < 1.29 is 0 Å². The molecule has 0 spiro atoms. The Morgan fingerprint density at radius 1 is 0.585 bits per heavy atom. The summed E-state index contributed by atoms with van der Waals surface area (Å²) in [5, 5.41) is 11.8. The molecule has 9 rings (SSSR count). The van der Waals surface area contributed by atoms with E-state index < -0.39 is 0 Å². The van der Waals surface area contributed by atoms with Gasteiger partial charge in [-0.1, -0.05) is 146 Å². The highest BCUT2D eigenvalue weighted by molar-refractivity contribution is 6.01. The van der Waals surface area contributed by atoms with Crippen LogP contribution in [-0.4, -0.2) is 9.97 Å². The monoisotopic (exact) mass is 679 g/mol. The molecule has 0 aliphatic heterocycles. The molecule has 0 N–H and O–H groups in total. The molecule has 0 amide bonds. The van der Waals surface area contributed by atoms with E-state index in [0.29, 0.717) is 5.56 Å². The lowest BCUT2D eigenvalue weighted by atomic mass is 9.70. The highest BCUT2D eigenvalue weighted by Crippen LogP contribution is 2.46. The van der Waals surface area contributed by atoms with Crippen molar-refractivity contribution in [2.24, 2.45) is 0 Å². The lowest BCUT2D eigenvalue weighted by Gasteiger charge is -2.34.